The summed E-state index contributed by atoms with van der Waals surface area (Å²) in [4.78, 5) is 13.3. The molecule has 0 saturated heterocycles. The fraction of sp³-hybridized carbons (Fsp3) is 0.450. The largest absolute Gasteiger partial charge is 0.496 e. The number of hydrogen-bond acceptors (Lipinski definition) is 4. The second-order valence-electron chi connectivity index (χ2n) is 6.77. The lowest BCUT2D eigenvalue weighted by atomic mass is 9.81. The van der Waals surface area contributed by atoms with Gasteiger partial charge in [0.2, 0.25) is 0 Å². The Balaban J connectivity index is 1.78. The summed E-state index contributed by atoms with van der Waals surface area (Å²) in [6.45, 7) is 3.73. The number of carbonyl (C=O) groups excluding carboxylic acids is 1. The number of likely N-dealkylation sites (N-methyl/N-ethyl adjacent to an activating group) is 1. The van der Waals surface area contributed by atoms with Gasteiger partial charge in [-0.05, 0) is 61.2 Å². The first kappa shape index (κ1) is 16.6. The van der Waals surface area contributed by atoms with Gasteiger partial charge in [0.1, 0.15) is 5.75 Å². The predicted molar refractivity (Wildman–Crippen MR) is 96.3 cm³/mol. The highest BCUT2D eigenvalue weighted by Gasteiger charge is 2.22. The molecular formula is C20H26N2O2. The molecule has 3 rings (SSSR count). The van der Waals surface area contributed by atoms with Gasteiger partial charge in [0.15, 0.2) is 6.29 Å². The summed E-state index contributed by atoms with van der Waals surface area (Å²) in [6, 6.07) is 4.48. The van der Waals surface area contributed by atoms with Gasteiger partial charge in [0.25, 0.3) is 0 Å². The molecule has 0 saturated carbocycles. The first-order chi connectivity index (χ1) is 11.6. The van der Waals surface area contributed by atoms with E-state index >= 15 is 0 Å². The normalized spacial score (nSPS) is 20.0. The zero-order valence-corrected chi connectivity index (χ0v) is 14.8. The summed E-state index contributed by atoms with van der Waals surface area (Å²) in [5.41, 5.74) is 5.81. The predicted octanol–water partition coefficient (Wildman–Crippen LogP) is 2.93. The third-order valence-corrected chi connectivity index (χ3v) is 5.05. The number of allylic oxidation sites excluding steroid dienone is 2. The fourth-order valence-corrected chi connectivity index (χ4v) is 3.69. The molecule has 1 aromatic rings. The summed E-state index contributed by atoms with van der Waals surface area (Å²) < 4.78 is 5.47. The van der Waals surface area contributed by atoms with Gasteiger partial charge < -0.3 is 15.0 Å². The number of carbonyl (C=O) groups is 1. The quantitative estimate of drug-likeness (QED) is 0.845. The molecule has 0 aromatic heterocycles. The zero-order valence-electron chi connectivity index (χ0n) is 14.8. The van der Waals surface area contributed by atoms with Crippen LogP contribution in [0.2, 0.25) is 0 Å². The molecule has 4 nitrogen and oxygen atoms in total. The van der Waals surface area contributed by atoms with Crippen molar-refractivity contribution in [1.29, 1.82) is 0 Å². The Bertz CT molecular complexity index is 691. The van der Waals surface area contributed by atoms with Gasteiger partial charge in [0, 0.05) is 30.8 Å². The van der Waals surface area contributed by atoms with Crippen molar-refractivity contribution in [3.05, 3.63) is 52.4 Å². The van der Waals surface area contributed by atoms with E-state index in [1.54, 1.807) is 7.11 Å². The van der Waals surface area contributed by atoms with Crippen molar-refractivity contribution in [2.45, 2.75) is 32.1 Å². The van der Waals surface area contributed by atoms with Gasteiger partial charge in [-0.3, -0.25) is 4.79 Å². The Labute approximate surface area is 144 Å². The molecule has 0 amide bonds. The van der Waals surface area contributed by atoms with Crippen molar-refractivity contribution in [1.82, 2.24) is 10.2 Å². The van der Waals surface area contributed by atoms with Crippen molar-refractivity contribution in [2.24, 2.45) is 0 Å². The second kappa shape index (κ2) is 7.12. The molecular weight excluding hydrogens is 300 g/mol. The van der Waals surface area contributed by atoms with Crippen LogP contribution >= 0.6 is 0 Å². The molecule has 1 N–H and O–H groups in total. The monoisotopic (exact) mass is 326 g/mol. The van der Waals surface area contributed by atoms with Gasteiger partial charge in [-0.25, -0.2) is 0 Å². The Hall–Kier alpha value is -2.23. The number of ether oxygens (including phenoxy) is 1. The van der Waals surface area contributed by atoms with Crippen molar-refractivity contribution in [3.63, 3.8) is 0 Å². The number of aldehydes is 1. The molecule has 1 aliphatic heterocycles. The van der Waals surface area contributed by atoms with Crippen LogP contribution < -0.4 is 10.1 Å². The summed E-state index contributed by atoms with van der Waals surface area (Å²) in [5, 5.41) is 3.54. The molecule has 24 heavy (non-hydrogen) atoms. The summed E-state index contributed by atoms with van der Waals surface area (Å²) in [6.07, 6.45) is 8.27. The maximum Gasteiger partial charge on any atom is 0.151 e. The number of nitrogens with one attached hydrogen (secondary N) is 1. The third-order valence-electron chi connectivity index (χ3n) is 5.05. The Kier molecular flexibility index (Phi) is 4.93. The van der Waals surface area contributed by atoms with Crippen LogP contribution in [-0.4, -0.2) is 38.4 Å². The van der Waals surface area contributed by atoms with Gasteiger partial charge in [0.05, 0.1) is 13.7 Å². The van der Waals surface area contributed by atoms with Crippen molar-refractivity contribution < 1.29 is 9.53 Å². The highest BCUT2D eigenvalue weighted by molar-refractivity contribution is 5.79. The number of nitrogens with zero attached hydrogens (tertiary/aromatic N) is 1. The molecule has 0 fully saturated rings. The molecule has 1 aromatic carbocycles. The lowest BCUT2D eigenvalue weighted by Crippen LogP contribution is -2.31. The average molecular weight is 326 g/mol. The van der Waals surface area contributed by atoms with E-state index in [0.717, 1.165) is 42.8 Å². The number of rotatable bonds is 5. The molecule has 1 heterocycles. The first-order valence-electron chi connectivity index (χ1n) is 8.60. The van der Waals surface area contributed by atoms with Crippen molar-refractivity contribution in [2.75, 3.05) is 27.2 Å². The van der Waals surface area contributed by atoms with Gasteiger partial charge in [-0.15, -0.1) is 0 Å². The number of aryl methyl sites for hydroxylation is 2. The zero-order chi connectivity index (χ0) is 17.1. The molecule has 1 unspecified atom stereocenters. The molecule has 1 atom stereocenters. The maximum absolute atomic E-state index is 11.3. The van der Waals surface area contributed by atoms with E-state index in [1.807, 2.05) is 19.3 Å². The van der Waals surface area contributed by atoms with E-state index in [4.69, 9.17) is 4.74 Å². The van der Waals surface area contributed by atoms with E-state index in [9.17, 15) is 4.79 Å². The molecule has 0 bridgehead atoms. The topological polar surface area (TPSA) is 41.6 Å². The van der Waals surface area contributed by atoms with E-state index in [0.29, 0.717) is 5.92 Å². The second-order valence-corrected chi connectivity index (χ2v) is 6.77. The summed E-state index contributed by atoms with van der Waals surface area (Å²) in [7, 11) is 3.75. The average Bonchev–Trinajstić information content (AvgIpc) is 2.59. The lowest BCUT2D eigenvalue weighted by molar-refractivity contribution is -0.104. The minimum Gasteiger partial charge on any atom is -0.496 e. The van der Waals surface area contributed by atoms with E-state index in [-0.39, 0.29) is 0 Å². The molecule has 1 aliphatic carbocycles. The van der Waals surface area contributed by atoms with Gasteiger partial charge in [-0.1, -0.05) is 6.07 Å². The van der Waals surface area contributed by atoms with Crippen molar-refractivity contribution in [3.8, 4) is 5.75 Å². The van der Waals surface area contributed by atoms with Crippen LogP contribution in [0, 0.1) is 6.92 Å². The van der Waals surface area contributed by atoms with Crippen LogP contribution in [0.4, 0.5) is 0 Å². The lowest BCUT2D eigenvalue weighted by Gasteiger charge is -2.29. The molecule has 0 spiro atoms. The number of fused-ring (bicyclic) bond motifs is 1. The van der Waals surface area contributed by atoms with E-state index in [2.05, 4.69) is 29.3 Å². The SMILES string of the molecule is COc1cc2c(cc1C)C(CNC1=C(C=O)C=CN(C)C1)CCC2. The van der Waals surface area contributed by atoms with E-state index in [1.165, 1.54) is 29.5 Å². The minimum absolute atomic E-state index is 0.481. The van der Waals surface area contributed by atoms with Crippen LogP contribution in [0.1, 0.15) is 35.4 Å². The smallest absolute Gasteiger partial charge is 0.151 e. The van der Waals surface area contributed by atoms with Crippen LogP contribution in [-0.2, 0) is 11.2 Å². The summed E-state index contributed by atoms with van der Waals surface area (Å²) >= 11 is 0. The first-order valence-corrected chi connectivity index (χ1v) is 8.60. The molecule has 4 heteroatoms. The standard InChI is InChI=1S/C20H26N2O2/c1-14-9-18-15(10-20(14)24-3)5-4-6-16(18)11-21-19-12-22(2)8-7-17(19)13-23/h7-10,13,16,21H,4-6,11-12H2,1-3H3. The molecule has 128 valence electrons. The van der Waals surface area contributed by atoms with Gasteiger partial charge >= 0.3 is 0 Å². The highest BCUT2D eigenvalue weighted by Crippen LogP contribution is 2.35. The minimum atomic E-state index is 0.481. The van der Waals surface area contributed by atoms with Crippen LogP contribution in [0.25, 0.3) is 0 Å². The van der Waals surface area contributed by atoms with Crippen LogP contribution in [0.15, 0.2) is 35.7 Å². The maximum atomic E-state index is 11.3. The number of methoxy groups -OCH3 is 1. The van der Waals surface area contributed by atoms with Crippen molar-refractivity contribution >= 4 is 6.29 Å². The number of hydrogen-bond donors (Lipinski definition) is 1. The van der Waals surface area contributed by atoms with Gasteiger partial charge in [-0.2, -0.15) is 0 Å². The Morgan fingerprint density at radius 2 is 2.25 bits per heavy atom. The Morgan fingerprint density at radius 1 is 1.42 bits per heavy atom. The van der Waals surface area contributed by atoms with Crippen LogP contribution in [0.5, 0.6) is 5.75 Å². The fourth-order valence-electron chi connectivity index (χ4n) is 3.69. The Morgan fingerprint density at radius 3 is 3.00 bits per heavy atom. The molecule has 2 aliphatic rings. The third kappa shape index (κ3) is 3.32. The highest BCUT2D eigenvalue weighted by atomic mass is 16.5. The summed E-state index contributed by atoms with van der Waals surface area (Å²) in [5.74, 6) is 1.46. The van der Waals surface area contributed by atoms with Crippen LogP contribution in [0.3, 0.4) is 0 Å². The number of benzene rings is 1. The molecule has 0 radical (unpaired) electrons. The van der Waals surface area contributed by atoms with E-state index < -0.39 is 0 Å².